The van der Waals surface area contributed by atoms with Crippen LogP contribution in [0.5, 0.6) is 0 Å². The average Bonchev–Trinajstić information content (AvgIpc) is 2.89. The molecule has 2 aliphatic rings. The SMILES string of the molecule is O=C(Cc1ccccc1F)N1CCNC2CCCC21. The van der Waals surface area contributed by atoms with Crippen LogP contribution in [0.4, 0.5) is 4.39 Å². The lowest BCUT2D eigenvalue weighted by Crippen LogP contribution is -2.57. The highest BCUT2D eigenvalue weighted by Crippen LogP contribution is 2.27. The first-order valence-corrected chi connectivity index (χ1v) is 7.02. The minimum atomic E-state index is -0.283. The van der Waals surface area contributed by atoms with Gasteiger partial charge in [0.25, 0.3) is 0 Å². The van der Waals surface area contributed by atoms with E-state index < -0.39 is 0 Å². The second-order valence-corrected chi connectivity index (χ2v) is 5.41. The van der Waals surface area contributed by atoms with E-state index >= 15 is 0 Å². The molecule has 1 aromatic rings. The summed E-state index contributed by atoms with van der Waals surface area (Å²) < 4.78 is 13.6. The van der Waals surface area contributed by atoms with Gasteiger partial charge >= 0.3 is 0 Å². The molecule has 19 heavy (non-hydrogen) atoms. The number of nitrogens with one attached hydrogen (secondary N) is 1. The Morgan fingerprint density at radius 2 is 2.21 bits per heavy atom. The van der Waals surface area contributed by atoms with Crippen LogP contribution in [0.1, 0.15) is 24.8 Å². The Bertz CT molecular complexity index is 477. The first-order valence-electron chi connectivity index (χ1n) is 7.02. The number of rotatable bonds is 2. The fourth-order valence-electron chi connectivity index (χ4n) is 3.30. The first kappa shape index (κ1) is 12.6. The van der Waals surface area contributed by atoms with Crippen LogP contribution in [0.15, 0.2) is 24.3 Å². The number of hydrogen-bond donors (Lipinski definition) is 1. The number of amides is 1. The topological polar surface area (TPSA) is 32.3 Å². The maximum absolute atomic E-state index is 13.6. The number of carbonyl (C=O) groups excluding carboxylic acids is 1. The van der Waals surface area contributed by atoms with Crippen LogP contribution in [0.2, 0.25) is 0 Å². The largest absolute Gasteiger partial charge is 0.337 e. The van der Waals surface area contributed by atoms with Gasteiger partial charge in [0.2, 0.25) is 5.91 Å². The molecule has 0 aromatic heterocycles. The Labute approximate surface area is 112 Å². The number of hydrogen-bond acceptors (Lipinski definition) is 2. The molecular weight excluding hydrogens is 243 g/mol. The highest BCUT2D eigenvalue weighted by atomic mass is 19.1. The van der Waals surface area contributed by atoms with Crippen LogP contribution in [0.25, 0.3) is 0 Å². The van der Waals surface area contributed by atoms with Crippen LogP contribution in [-0.4, -0.2) is 36.0 Å². The zero-order valence-electron chi connectivity index (χ0n) is 10.9. The molecule has 2 fully saturated rings. The molecule has 1 heterocycles. The Kier molecular flexibility index (Phi) is 3.51. The maximum atomic E-state index is 13.6. The smallest absolute Gasteiger partial charge is 0.227 e. The van der Waals surface area contributed by atoms with Gasteiger partial charge in [0.05, 0.1) is 6.42 Å². The van der Waals surface area contributed by atoms with Crippen molar-refractivity contribution >= 4 is 5.91 Å². The third kappa shape index (κ3) is 2.50. The van der Waals surface area contributed by atoms with E-state index in [4.69, 9.17) is 0 Å². The van der Waals surface area contributed by atoms with Crippen LogP contribution in [-0.2, 0) is 11.2 Å². The van der Waals surface area contributed by atoms with Gasteiger partial charge in [-0.2, -0.15) is 0 Å². The summed E-state index contributed by atoms with van der Waals surface area (Å²) in [5.74, 6) is -0.225. The zero-order chi connectivity index (χ0) is 13.2. The van der Waals surface area contributed by atoms with Crippen molar-refractivity contribution in [2.24, 2.45) is 0 Å². The van der Waals surface area contributed by atoms with Crippen molar-refractivity contribution < 1.29 is 9.18 Å². The van der Waals surface area contributed by atoms with E-state index in [-0.39, 0.29) is 18.1 Å². The van der Waals surface area contributed by atoms with Crippen molar-refractivity contribution in [2.45, 2.75) is 37.8 Å². The molecule has 3 nitrogen and oxygen atoms in total. The number of nitrogens with zero attached hydrogens (tertiary/aromatic N) is 1. The number of piperazine rings is 1. The van der Waals surface area contributed by atoms with Crippen molar-refractivity contribution in [3.63, 3.8) is 0 Å². The molecule has 0 radical (unpaired) electrons. The van der Waals surface area contributed by atoms with Crippen molar-refractivity contribution in [3.05, 3.63) is 35.6 Å². The summed E-state index contributed by atoms with van der Waals surface area (Å²) in [5, 5.41) is 3.47. The number of carbonyl (C=O) groups is 1. The fraction of sp³-hybridized carbons (Fsp3) is 0.533. The Hall–Kier alpha value is -1.42. The maximum Gasteiger partial charge on any atom is 0.227 e. The molecule has 1 aliphatic heterocycles. The lowest BCUT2D eigenvalue weighted by Gasteiger charge is -2.38. The molecule has 1 N–H and O–H groups in total. The van der Waals surface area contributed by atoms with Gasteiger partial charge in [-0.1, -0.05) is 18.2 Å². The molecule has 1 aliphatic carbocycles. The normalized spacial score (nSPS) is 26.3. The highest BCUT2D eigenvalue weighted by Gasteiger charge is 2.37. The van der Waals surface area contributed by atoms with Gasteiger partial charge in [-0.15, -0.1) is 0 Å². The van der Waals surface area contributed by atoms with Crippen molar-refractivity contribution in [2.75, 3.05) is 13.1 Å². The van der Waals surface area contributed by atoms with Crippen molar-refractivity contribution in [1.29, 1.82) is 0 Å². The van der Waals surface area contributed by atoms with E-state index in [0.717, 1.165) is 25.9 Å². The third-order valence-corrected chi connectivity index (χ3v) is 4.26. The number of benzene rings is 1. The Balaban J connectivity index is 1.71. The monoisotopic (exact) mass is 262 g/mol. The zero-order valence-corrected chi connectivity index (χ0v) is 10.9. The van der Waals surface area contributed by atoms with Crippen molar-refractivity contribution in [3.8, 4) is 0 Å². The second kappa shape index (κ2) is 5.29. The van der Waals surface area contributed by atoms with E-state index in [1.165, 1.54) is 12.5 Å². The number of fused-ring (bicyclic) bond motifs is 1. The molecule has 0 bridgehead atoms. The van der Waals surface area contributed by atoms with Crippen LogP contribution in [0, 0.1) is 5.82 Å². The Morgan fingerprint density at radius 3 is 3.05 bits per heavy atom. The van der Waals surface area contributed by atoms with Crippen LogP contribution in [0.3, 0.4) is 0 Å². The molecule has 102 valence electrons. The summed E-state index contributed by atoms with van der Waals surface area (Å²) in [5.41, 5.74) is 0.501. The van der Waals surface area contributed by atoms with Crippen LogP contribution >= 0.6 is 0 Å². The summed E-state index contributed by atoms with van der Waals surface area (Å²) >= 11 is 0. The van der Waals surface area contributed by atoms with Gasteiger partial charge in [-0.05, 0) is 30.9 Å². The summed E-state index contributed by atoms with van der Waals surface area (Å²) in [7, 11) is 0. The minimum absolute atomic E-state index is 0.0588. The van der Waals surface area contributed by atoms with Gasteiger partial charge in [0, 0.05) is 25.2 Å². The quantitative estimate of drug-likeness (QED) is 0.880. The molecule has 1 amide bonds. The molecule has 3 rings (SSSR count). The van der Waals surface area contributed by atoms with E-state index in [0.29, 0.717) is 17.6 Å². The van der Waals surface area contributed by atoms with E-state index in [1.54, 1.807) is 18.2 Å². The van der Waals surface area contributed by atoms with E-state index in [9.17, 15) is 9.18 Å². The summed E-state index contributed by atoms with van der Waals surface area (Å²) in [6, 6.07) is 7.30. The third-order valence-electron chi connectivity index (χ3n) is 4.26. The standard InChI is InChI=1S/C15H19FN2O/c16-12-5-2-1-4-11(12)10-15(19)18-9-8-17-13-6-3-7-14(13)18/h1-2,4-5,13-14,17H,3,6-10H2. The Morgan fingerprint density at radius 1 is 1.37 bits per heavy atom. The van der Waals surface area contributed by atoms with Gasteiger partial charge < -0.3 is 10.2 Å². The van der Waals surface area contributed by atoms with E-state index in [2.05, 4.69) is 5.32 Å². The molecule has 4 heteroatoms. The second-order valence-electron chi connectivity index (χ2n) is 5.41. The first-order chi connectivity index (χ1) is 9.25. The van der Waals surface area contributed by atoms with Crippen molar-refractivity contribution in [1.82, 2.24) is 10.2 Å². The summed E-state index contributed by atoms with van der Waals surface area (Å²) in [6.07, 6.45) is 3.57. The molecule has 2 unspecified atom stereocenters. The lowest BCUT2D eigenvalue weighted by atomic mass is 10.0. The number of halogens is 1. The lowest BCUT2D eigenvalue weighted by molar-refractivity contribution is -0.134. The molecule has 1 aromatic carbocycles. The fourth-order valence-corrected chi connectivity index (χ4v) is 3.30. The average molecular weight is 262 g/mol. The summed E-state index contributed by atoms with van der Waals surface area (Å²) in [6.45, 7) is 1.60. The molecule has 1 saturated carbocycles. The predicted molar refractivity (Wildman–Crippen MR) is 71.2 cm³/mol. The van der Waals surface area contributed by atoms with Gasteiger partial charge in [0.1, 0.15) is 5.82 Å². The molecular formula is C15H19FN2O. The highest BCUT2D eigenvalue weighted by molar-refractivity contribution is 5.79. The van der Waals surface area contributed by atoms with Gasteiger partial charge in [-0.3, -0.25) is 4.79 Å². The van der Waals surface area contributed by atoms with E-state index in [1.807, 2.05) is 4.90 Å². The molecule has 0 spiro atoms. The summed E-state index contributed by atoms with van der Waals surface area (Å²) in [4.78, 5) is 14.4. The van der Waals surface area contributed by atoms with Crippen LogP contribution < -0.4 is 5.32 Å². The predicted octanol–water partition coefficient (Wildman–Crippen LogP) is 1.72. The van der Waals surface area contributed by atoms with Gasteiger partial charge in [0.15, 0.2) is 0 Å². The van der Waals surface area contributed by atoms with Gasteiger partial charge in [-0.25, -0.2) is 4.39 Å². The minimum Gasteiger partial charge on any atom is -0.337 e. The molecule has 1 saturated heterocycles. The molecule has 2 atom stereocenters.